The van der Waals surface area contributed by atoms with E-state index in [0.29, 0.717) is 27.9 Å². The fraction of sp³-hybridized carbons (Fsp3) is 0.0588. The smallest absolute Gasteiger partial charge is 0.172 e. The second-order valence-corrected chi connectivity index (χ2v) is 4.84. The summed E-state index contributed by atoms with van der Waals surface area (Å²) in [7, 11) is 1.50. The summed E-state index contributed by atoms with van der Waals surface area (Å²) in [6.07, 6.45) is 3.07. The van der Waals surface area contributed by atoms with E-state index < -0.39 is 5.82 Å². The van der Waals surface area contributed by atoms with Gasteiger partial charge in [-0.25, -0.2) is 9.37 Å². The minimum Gasteiger partial charge on any atom is -0.504 e. The lowest BCUT2D eigenvalue weighted by molar-refractivity contribution is 0.372. The molecule has 0 atom stereocenters. The molecule has 0 unspecified atom stereocenters. The van der Waals surface area contributed by atoms with Gasteiger partial charge in [-0.15, -0.1) is 0 Å². The first-order chi connectivity index (χ1) is 11.1. The molecule has 2 N–H and O–H groups in total. The normalized spacial score (nSPS) is 10.5. The number of fused-ring (bicyclic) bond motifs is 1. The average Bonchev–Trinajstić information content (AvgIpc) is 2.57. The van der Waals surface area contributed by atoms with Gasteiger partial charge in [-0.3, -0.25) is 4.98 Å². The lowest BCUT2D eigenvalue weighted by atomic mass is 10.1. The van der Waals surface area contributed by atoms with Gasteiger partial charge in [0.15, 0.2) is 11.6 Å². The molecule has 0 aliphatic rings. The van der Waals surface area contributed by atoms with E-state index in [-0.39, 0.29) is 11.6 Å². The quantitative estimate of drug-likeness (QED) is 0.717. The molecule has 3 rings (SSSR count). The number of rotatable bonds is 4. The number of hydrogen-bond acceptors (Lipinski definition) is 5. The van der Waals surface area contributed by atoms with Crippen molar-refractivity contribution in [2.75, 3.05) is 12.4 Å². The van der Waals surface area contributed by atoms with Gasteiger partial charge < -0.3 is 15.2 Å². The van der Waals surface area contributed by atoms with Gasteiger partial charge >= 0.3 is 0 Å². The van der Waals surface area contributed by atoms with Crippen LogP contribution in [0.3, 0.4) is 0 Å². The second-order valence-electron chi connectivity index (χ2n) is 4.84. The van der Waals surface area contributed by atoms with Gasteiger partial charge in [0, 0.05) is 17.1 Å². The summed E-state index contributed by atoms with van der Waals surface area (Å²) in [6.45, 7) is 3.78. The number of nitrogens with one attached hydrogen (secondary N) is 1. The number of ether oxygens (including phenoxy) is 1. The fourth-order valence-electron chi connectivity index (χ4n) is 2.22. The second kappa shape index (κ2) is 5.92. The van der Waals surface area contributed by atoms with Crippen LogP contribution in [0.1, 0.15) is 5.56 Å². The van der Waals surface area contributed by atoms with Crippen LogP contribution in [0.15, 0.2) is 49.3 Å². The Hall–Kier alpha value is -3.15. The van der Waals surface area contributed by atoms with Gasteiger partial charge in [0.2, 0.25) is 0 Å². The van der Waals surface area contributed by atoms with Crippen LogP contribution in [0, 0.1) is 5.82 Å². The van der Waals surface area contributed by atoms with Crippen LogP contribution >= 0.6 is 0 Å². The van der Waals surface area contributed by atoms with E-state index in [0.717, 1.165) is 0 Å². The van der Waals surface area contributed by atoms with Crippen molar-refractivity contribution >= 4 is 28.2 Å². The van der Waals surface area contributed by atoms with Gasteiger partial charge in [-0.2, -0.15) is 0 Å². The van der Waals surface area contributed by atoms with Crippen LogP contribution in [0.2, 0.25) is 0 Å². The first-order valence-electron chi connectivity index (χ1n) is 6.82. The topological polar surface area (TPSA) is 67.3 Å². The summed E-state index contributed by atoms with van der Waals surface area (Å²) in [4.78, 5) is 8.30. The number of halogens is 1. The molecule has 0 radical (unpaired) electrons. The van der Waals surface area contributed by atoms with Gasteiger partial charge in [-0.05, 0) is 30.3 Å². The molecule has 2 aromatic heterocycles. The maximum Gasteiger partial charge on any atom is 0.172 e. The van der Waals surface area contributed by atoms with Crippen LogP contribution in [-0.2, 0) is 4.74 Å². The molecule has 0 saturated heterocycles. The Kier molecular flexibility index (Phi) is 3.80. The standard InChI is InChI=1S/C17H14FN3O2/c1-10(23-2)12-5-6-14(18)13-8-11(9-20-16(12)13)21-17-15(22)4-3-7-19-17/h3-9,22H,1H2,2H3,(H,19,21). The van der Waals surface area contributed by atoms with Crippen LogP contribution in [-0.4, -0.2) is 22.2 Å². The molecule has 23 heavy (non-hydrogen) atoms. The summed E-state index contributed by atoms with van der Waals surface area (Å²) in [5.74, 6) is 0.265. The first kappa shape index (κ1) is 14.8. The van der Waals surface area contributed by atoms with E-state index in [4.69, 9.17) is 4.74 Å². The molecule has 0 saturated carbocycles. The summed E-state index contributed by atoms with van der Waals surface area (Å²) >= 11 is 0. The van der Waals surface area contributed by atoms with E-state index in [2.05, 4.69) is 21.9 Å². The molecule has 5 nitrogen and oxygen atoms in total. The third-order valence-electron chi connectivity index (χ3n) is 3.39. The predicted molar refractivity (Wildman–Crippen MR) is 86.9 cm³/mol. The van der Waals surface area contributed by atoms with Crippen LogP contribution in [0.25, 0.3) is 16.7 Å². The number of benzene rings is 1. The maximum absolute atomic E-state index is 14.1. The molecule has 0 fully saturated rings. The van der Waals surface area contributed by atoms with Crippen molar-refractivity contribution in [1.29, 1.82) is 0 Å². The van der Waals surface area contributed by atoms with Crippen molar-refractivity contribution in [3.05, 3.63) is 60.7 Å². The highest BCUT2D eigenvalue weighted by atomic mass is 19.1. The highest BCUT2D eigenvalue weighted by Crippen LogP contribution is 2.29. The minimum absolute atomic E-state index is 0.00502. The number of aromatic hydroxyl groups is 1. The van der Waals surface area contributed by atoms with E-state index in [1.807, 2.05) is 0 Å². The molecule has 116 valence electrons. The van der Waals surface area contributed by atoms with Crippen LogP contribution in [0.5, 0.6) is 5.75 Å². The van der Waals surface area contributed by atoms with Crippen molar-refractivity contribution in [3.8, 4) is 5.75 Å². The minimum atomic E-state index is -0.408. The molecule has 0 bridgehead atoms. The molecule has 0 spiro atoms. The largest absolute Gasteiger partial charge is 0.504 e. The Morgan fingerprint density at radius 3 is 2.87 bits per heavy atom. The Bertz CT molecular complexity index is 896. The number of hydrogen-bond donors (Lipinski definition) is 2. The zero-order valence-electron chi connectivity index (χ0n) is 12.4. The molecule has 0 amide bonds. The van der Waals surface area contributed by atoms with E-state index in [1.165, 1.54) is 31.6 Å². The van der Waals surface area contributed by atoms with Crippen molar-refractivity contribution in [2.24, 2.45) is 0 Å². The Balaban J connectivity index is 2.07. The molecular weight excluding hydrogens is 297 g/mol. The SMILES string of the molecule is C=C(OC)c1ccc(F)c2cc(Nc3ncccc3O)cnc12. The fourth-order valence-corrected chi connectivity index (χ4v) is 2.22. The maximum atomic E-state index is 14.1. The zero-order valence-corrected chi connectivity index (χ0v) is 12.4. The third kappa shape index (κ3) is 2.78. The van der Waals surface area contributed by atoms with Gasteiger partial charge in [0.05, 0.1) is 24.5 Å². The number of methoxy groups -OCH3 is 1. The van der Waals surface area contributed by atoms with E-state index in [1.54, 1.807) is 18.2 Å². The van der Waals surface area contributed by atoms with E-state index >= 15 is 0 Å². The van der Waals surface area contributed by atoms with Crippen molar-refractivity contribution in [3.63, 3.8) is 0 Å². The first-order valence-corrected chi connectivity index (χ1v) is 6.82. The summed E-state index contributed by atoms with van der Waals surface area (Å²) < 4.78 is 19.2. The highest BCUT2D eigenvalue weighted by Gasteiger charge is 2.12. The third-order valence-corrected chi connectivity index (χ3v) is 3.39. The Morgan fingerprint density at radius 2 is 2.13 bits per heavy atom. The molecule has 0 aliphatic carbocycles. The average molecular weight is 311 g/mol. The lowest BCUT2D eigenvalue weighted by Gasteiger charge is -2.11. The molecule has 1 aromatic carbocycles. The van der Waals surface area contributed by atoms with Gasteiger partial charge in [-0.1, -0.05) is 6.58 Å². The van der Waals surface area contributed by atoms with Crippen molar-refractivity contribution < 1.29 is 14.2 Å². The summed E-state index contributed by atoms with van der Waals surface area (Å²) in [5, 5.41) is 13.0. The predicted octanol–water partition coefficient (Wildman–Crippen LogP) is 3.84. The Labute approximate surface area is 132 Å². The van der Waals surface area contributed by atoms with Crippen LogP contribution < -0.4 is 5.32 Å². The molecule has 3 aromatic rings. The highest BCUT2D eigenvalue weighted by molar-refractivity contribution is 5.91. The number of aromatic nitrogens is 2. The van der Waals surface area contributed by atoms with Crippen molar-refractivity contribution in [2.45, 2.75) is 0 Å². The molecule has 2 heterocycles. The lowest BCUT2D eigenvalue weighted by Crippen LogP contribution is -1.97. The molecule has 0 aliphatic heterocycles. The van der Waals surface area contributed by atoms with Gasteiger partial charge in [0.25, 0.3) is 0 Å². The number of nitrogens with zero attached hydrogens (tertiary/aromatic N) is 2. The Morgan fingerprint density at radius 1 is 1.30 bits per heavy atom. The summed E-state index contributed by atoms with van der Waals surface area (Å²) in [5.41, 5.74) is 1.58. The number of anilines is 2. The van der Waals surface area contributed by atoms with Crippen LogP contribution in [0.4, 0.5) is 15.9 Å². The van der Waals surface area contributed by atoms with E-state index in [9.17, 15) is 9.50 Å². The zero-order chi connectivity index (χ0) is 16.4. The van der Waals surface area contributed by atoms with Gasteiger partial charge in [0.1, 0.15) is 11.6 Å². The molecular formula is C17H14FN3O2. The summed E-state index contributed by atoms with van der Waals surface area (Å²) in [6, 6.07) is 7.63. The molecule has 6 heteroatoms. The van der Waals surface area contributed by atoms with Crippen molar-refractivity contribution in [1.82, 2.24) is 9.97 Å². The number of pyridine rings is 2. The monoisotopic (exact) mass is 311 g/mol.